The summed E-state index contributed by atoms with van der Waals surface area (Å²) in [7, 11) is 1.46. The van der Waals surface area contributed by atoms with Crippen molar-refractivity contribution in [1.29, 1.82) is 0 Å². The number of hydrogen-bond donors (Lipinski definition) is 3. The van der Waals surface area contributed by atoms with Crippen molar-refractivity contribution in [2.24, 2.45) is 0 Å². The number of ether oxygens (including phenoxy) is 1. The molecule has 2 rings (SSSR count). The minimum atomic E-state index is -1.00. The summed E-state index contributed by atoms with van der Waals surface area (Å²) in [4.78, 5) is 35.4. The van der Waals surface area contributed by atoms with Crippen LogP contribution in [0, 0.1) is 6.92 Å². The lowest BCUT2D eigenvalue weighted by molar-refractivity contribution is -0.137. The van der Waals surface area contributed by atoms with Crippen LogP contribution in [0.1, 0.15) is 11.1 Å². The zero-order valence-electron chi connectivity index (χ0n) is 14.4. The van der Waals surface area contributed by atoms with Gasteiger partial charge in [-0.15, -0.1) is 0 Å². The van der Waals surface area contributed by atoms with Crippen molar-refractivity contribution in [3.8, 4) is 5.75 Å². The largest absolute Gasteiger partial charge is 0.495 e. The summed E-state index contributed by atoms with van der Waals surface area (Å²) in [6.45, 7) is 1.84. The molecule has 3 N–H and O–H groups in total. The Labute approximate surface area is 151 Å². The second kappa shape index (κ2) is 9.03. The van der Waals surface area contributed by atoms with E-state index in [1.807, 2.05) is 48.7 Å². The zero-order valence-corrected chi connectivity index (χ0v) is 14.4. The van der Waals surface area contributed by atoms with Crippen molar-refractivity contribution in [3.05, 3.63) is 65.7 Å². The number of hydrogen-bond acceptors (Lipinski definition) is 4. The van der Waals surface area contributed by atoms with Crippen molar-refractivity contribution in [2.45, 2.75) is 6.92 Å². The van der Waals surface area contributed by atoms with Gasteiger partial charge in [0.15, 0.2) is 0 Å². The van der Waals surface area contributed by atoms with Gasteiger partial charge < -0.3 is 10.1 Å². The van der Waals surface area contributed by atoms with Crippen molar-refractivity contribution in [1.82, 2.24) is 10.9 Å². The molecule has 0 aliphatic rings. The van der Waals surface area contributed by atoms with E-state index in [1.54, 1.807) is 18.2 Å². The van der Waals surface area contributed by atoms with Gasteiger partial charge in [0.05, 0.1) is 12.8 Å². The van der Waals surface area contributed by atoms with Crippen molar-refractivity contribution in [2.75, 3.05) is 12.4 Å². The Morgan fingerprint density at radius 1 is 0.962 bits per heavy atom. The molecule has 0 spiro atoms. The van der Waals surface area contributed by atoms with Crippen LogP contribution in [0.3, 0.4) is 0 Å². The number of methoxy groups -OCH3 is 1. The number of amides is 3. The van der Waals surface area contributed by atoms with Crippen LogP contribution in [0.15, 0.2) is 54.6 Å². The Morgan fingerprint density at radius 3 is 2.38 bits per heavy atom. The van der Waals surface area contributed by atoms with Crippen LogP contribution in [0.4, 0.5) is 5.69 Å². The van der Waals surface area contributed by atoms with E-state index in [0.29, 0.717) is 11.4 Å². The maximum absolute atomic E-state index is 11.9. The highest BCUT2D eigenvalue weighted by Crippen LogP contribution is 2.24. The summed E-state index contributed by atoms with van der Waals surface area (Å²) in [5, 5.41) is 2.44. The molecular weight excluding hydrogens is 334 g/mol. The fourth-order valence-electron chi connectivity index (χ4n) is 2.05. The summed E-state index contributed by atoms with van der Waals surface area (Å²) in [6, 6.07) is 14.3. The molecule has 26 heavy (non-hydrogen) atoms. The maximum atomic E-state index is 11.9. The van der Waals surface area contributed by atoms with Gasteiger partial charge in [-0.1, -0.05) is 36.4 Å². The van der Waals surface area contributed by atoms with Crippen LogP contribution in [0.5, 0.6) is 5.75 Å². The third-order valence-corrected chi connectivity index (χ3v) is 3.34. The molecule has 0 atom stereocenters. The first-order chi connectivity index (χ1) is 12.5. The first-order valence-electron chi connectivity index (χ1n) is 7.78. The lowest BCUT2D eigenvalue weighted by atomic mass is 10.2. The Morgan fingerprint density at radius 2 is 1.69 bits per heavy atom. The molecule has 0 fully saturated rings. The summed E-state index contributed by atoms with van der Waals surface area (Å²) >= 11 is 0. The van der Waals surface area contributed by atoms with E-state index in [9.17, 15) is 14.4 Å². The minimum Gasteiger partial charge on any atom is -0.495 e. The lowest BCUT2D eigenvalue weighted by Crippen LogP contribution is -2.46. The second-order valence-electron chi connectivity index (χ2n) is 5.35. The Bertz CT molecular complexity index is 832. The average molecular weight is 353 g/mol. The van der Waals surface area contributed by atoms with Gasteiger partial charge in [0.25, 0.3) is 5.91 Å². The molecule has 0 unspecified atom stereocenters. The van der Waals surface area contributed by atoms with Crippen molar-refractivity contribution < 1.29 is 19.1 Å². The molecule has 7 heteroatoms. The molecule has 2 aromatic carbocycles. The number of benzene rings is 2. The quantitative estimate of drug-likeness (QED) is 0.444. The molecule has 134 valence electrons. The highest BCUT2D eigenvalue weighted by molar-refractivity contribution is 6.39. The molecule has 0 aliphatic carbocycles. The maximum Gasteiger partial charge on any atom is 0.328 e. The molecule has 0 saturated carbocycles. The number of aryl methyl sites for hydroxylation is 1. The molecule has 2 aromatic rings. The third-order valence-electron chi connectivity index (χ3n) is 3.34. The molecule has 0 aliphatic heterocycles. The van der Waals surface area contributed by atoms with Gasteiger partial charge in [-0.05, 0) is 36.3 Å². The SMILES string of the molecule is COc1ccc(C)cc1NC(=O)C(=O)NNC(=O)/C=C/c1ccccc1. The van der Waals surface area contributed by atoms with Crippen LogP contribution < -0.4 is 20.9 Å². The Balaban J connectivity index is 1.87. The van der Waals surface area contributed by atoms with Crippen molar-refractivity contribution >= 4 is 29.5 Å². The average Bonchev–Trinajstić information content (AvgIpc) is 2.65. The van der Waals surface area contributed by atoms with Crippen LogP contribution in [0.2, 0.25) is 0 Å². The Kier molecular flexibility index (Phi) is 6.50. The van der Waals surface area contributed by atoms with E-state index in [-0.39, 0.29) is 0 Å². The van der Waals surface area contributed by atoms with Crippen LogP contribution in [-0.2, 0) is 14.4 Å². The van der Waals surface area contributed by atoms with Crippen LogP contribution >= 0.6 is 0 Å². The first-order valence-corrected chi connectivity index (χ1v) is 7.78. The molecular formula is C19H19N3O4. The summed E-state index contributed by atoms with van der Waals surface area (Å²) in [6.07, 6.45) is 2.83. The highest BCUT2D eigenvalue weighted by Gasteiger charge is 2.16. The Hall–Kier alpha value is -3.61. The van der Waals surface area contributed by atoms with Gasteiger partial charge in [-0.25, -0.2) is 0 Å². The fraction of sp³-hybridized carbons (Fsp3) is 0.105. The number of nitrogens with one attached hydrogen (secondary N) is 3. The van der Waals surface area contributed by atoms with Crippen molar-refractivity contribution in [3.63, 3.8) is 0 Å². The van der Waals surface area contributed by atoms with Gasteiger partial charge in [0.1, 0.15) is 5.75 Å². The van der Waals surface area contributed by atoms with Gasteiger partial charge >= 0.3 is 11.8 Å². The van der Waals surface area contributed by atoms with E-state index in [0.717, 1.165) is 11.1 Å². The molecule has 0 radical (unpaired) electrons. The van der Waals surface area contributed by atoms with E-state index in [2.05, 4.69) is 10.7 Å². The van der Waals surface area contributed by atoms with Crippen LogP contribution in [0.25, 0.3) is 6.08 Å². The zero-order chi connectivity index (χ0) is 18.9. The lowest BCUT2D eigenvalue weighted by Gasteiger charge is -2.11. The van der Waals surface area contributed by atoms with E-state index in [4.69, 9.17) is 4.74 Å². The highest BCUT2D eigenvalue weighted by atomic mass is 16.5. The van der Waals surface area contributed by atoms with Gasteiger partial charge in [-0.2, -0.15) is 0 Å². The molecule has 0 saturated heterocycles. The fourth-order valence-corrected chi connectivity index (χ4v) is 2.05. The second-order valence-corrected chi connectivity index (χ2v) is 5.35. The minimum absolute atomic E-state index is 0.364. The topological polar surface area (TPSA) is 96.5 Å². The van der Waals surface area contributed by atoms with E-state index >= 15 is 0 Å². The normalized spacial score (nSPS) is 10.2. The number of rotatable bonds is 4. The first kappa shape index (κ1) is 18.7. The number of carbonyl (C=O) groups is 3. The van der Waals surface area contributed by atoms with Gasteiger partial charge in [-0.3, -0.25) is 25.2 Å². The monoisotopic (exact) mass is 353 g/mol. The molecule has 7 nitrogen and oxygen atoms in total. The summed E-state index contributed by atoms with van der Waals surface area (Å²) < 4.78 is 5.13. The summed E-state index contributed by atoms with van der Waals surface area (Å²) in [5.74, 6) is -2.08. The molecule has 0 bridgehead atoms. The summed E-state index contributed by atoms with van der Waals surface area (Å²) in [5.41, 5.74) is 6.28. The molecule has 3 amide bonds. The van der Waals surface area contributed by atoms with Crippen LogP contribution in [-0.4, -0.2) is 24.8 Å². The molecule has 0 heterocycles. The van der Waals surface area contributed by atoms with E-state index < -0.39 is 17.7 Å². The number of anilines is 1. The van der Waals surface area contributed by atoms with Gasteiger partial charge in [0, 0.05) is 6.08 Å². The standard InChI is InChI=1S/C19H19N3O4/c1-13-8-10-16(26-2)15(12-13)20-18(24)19(25)22-21-17(23)11-9-14-6-4-3-5-7-14/h3-12H,1-2H3,(H,20,24)(H,21,23)(H,22,25)/b11-9+. The predicted octanol–water partition coefficient (Wildman–Crippen LogP) is 1.80. The van der Waals surface area contributed by atoms with E-state index in [1.165, 1.54) is 13.2 Å². The predicted molar refractivity (Wildman–Crippen MR) is 98.1 cm³/mol. The third kappa shape index (κ3) is 5.48. The van der Waals surface area contributed by atoms with Gasteiger partial charge in [0.2, 0.25) is 0 Å². The molecule has 0 aromatic heterocycles. The number of hydrazine groups is 1. The number of carbonyl (C=O) groups excluding carboxylic acids is 3. The smallest absolute Gasteiger partial charge is 0.328 e.